The molecule has 0 aromatic carbocycles. The molecule has 0 bridgehead atoms. The minimum absolute atomic E-state index is 0.144. The summed E-state index contributed by atoms with van der Waals surface area (Å²) in [7, 11) is 0. The quantitative estimate of drug-likeness (QED) is 0.820. The largest absolute Gasteiger partial charge is 0.408 e. The fraction of sp³-hybridized carbons (Fsp3) is 0.769. The zero-order valence-corrected chi connectivity index (χ0v) is 11.4. The molecule has 0 radical (unpaired) electrons. The Hall–Kier alpha value is -1.47. The number of carbonyl (C=O) groups excluding carboxylic acids is 1. The Morgan fingerprint density at radius 2 is 2.25 bits per heavy atom. The summed E-state index contributed by atoms with van der Waals surface area (Å²) in [6.45, 7) is 2.15. The highest BCUT2D eigenvalue weighted by molar-refractivity contribution is 5.90. The highest BCUT2D eigenvalue weighted by atomic mass is 16.4. The molecule has 1 amide bonds. The summed E-state index contributed by atoms with van der Waals surface area (Å²) in [6, 6.07) is 0.188. The normalized spacial score (nSPS) is 23.8. The first kappa shape index (κ1) is 13.5. The van der Waals surface area contributed by atoms with Crippen molar-refractivity contribution in [2.45, 2.75) is 31.6 Å². The molecule has 1 saturated carbocycles. The van der Waals surface area contributed by atoms with Crippen LogP contribution in [-0.2, 0) is 4.79 Å². The number of piperidine rings is 1. The van der Waals surface area contributed by atoms with Gasteiger partial charge >= 0.3 is 6.01 Å². The van der Waals surface area contributed by atoms with E-state index in [1.807, 2.05) is 0 Å². The van der Waals surface area contributed by atoms with Gasteiger partial charge in [-0.3, -0.25) is 15.0 Å². The molecule has 1 aromatic heterocycles. The highest BCUT2D eigenvalue weighted by Gasteiger charge is 2.29. The van der Waals surface area contributed by atoms with Gasteiger partial charge in [-0.15, -0.1) is 5.10 Å². The molecule has 7 heteroatoms. The number of nitrogens with zero attached hydrogens (tertiary/aromatic N) is 3. The van der Waals surface area contributed by atoms with Crippen LogP contribution in [0.4, 0.5) is 6.01 Å². The summed E-state index contributed by atoms with van der Waals surface area (Å²) in [5.74, 6) is 1.15. The minimum Gasteiger partial charge on any atom is -0.408 e. The van der Waals surface area contributed by atoms with E-state index in [9.17, 15) is 9.90 Å². The van der Waals surface area contributed by atoms with Crippen LogP contribution in [0.3, 0.4) is 0 Å². The number of likely N-dealkylation sites (tertiary alicyclic amines) is 1. The number of aliphatic hydroxyl groups is 1. The van der Waals surface area contributed by atoms with Crippen molar-refractivity contribution in [1.29, 1.82) is 0 Å². The summed E-state index contributed by atoms with van der Waals surface area (Å²) < 4.78 is 5.40. The number of aromatic nitrogens is 2. The number of carbonyl (C=O) groups is 1. The van der Waals surface area contributed by atoms with Gasteiger partial charge in [0.2, 0.25) is 11.8 Å². The van der Waals surface area contributed by atoms with E-state index in [1.165, 1.54) is 0 Å². The molecular weight excluding hydrogens is 260 g/mol. The number of aliphatic hydroxyl groups excluding tert-OH is 1. The Balaban J connectivity index is 1.48. The number of nitrogens with one attached hydrogen (secondary N) is 1. The SMILES string of the molecule is O=C(CN1CCCC(CO)C1)Nc1nnc(C2CC2)o1. The van der Waals surface area contributed by atoms with Gasteiger partial charge in [0, 0.05) is 19.1 Å². The van der Waals surface area contributed by atoms with Gasteiger partial charge in [-0.2, -0.15) is 0 Å². The molecule has 110 valence electrons. The average Bonchev–Trinajstić information content (AvgIpc) is 3.20. The van der Waals surface area contributed by atoms with Crippen LogP contribution in [0.15, 0.2) is 4.42 Å². The molecule has 0 spiro atoms. The third-order valence-corrected chi connectivity index (χ3v) is 3.84. The molecule has 2 fully saturated rings. The van der Waals surface area contributed by atoms with Gasteiger partial charge in [-0.1, -0.05) is 5.10 Å². The Morgan fingerprint density at radius 3 is 3.00 bits per heavy atom. The molecule has 1 aliphatic heterocycles. The van der Waals surface area contributed by atoms with Gasteiger partial charge in [-0.25, -0.2) is 0 Å². The first-order chi connectivity index (χ1) is 9.74. The van der Waals surface area contributed by atoms with Crippen molar-refractivity contribution in [1.82, 2.24) is 15.1 Å². The monoisotopic (exact) mass is 280 g/mol. The Morgan fingerprint density at radius 1 is 1.40 bits per heavy atom. The van der Waals surface area contributed by atoms with Crippen LogP contribution in [0.2, 0.25) is 0 Å². The van der Waals surface area contributed by atoms with Crippen molar-refractivity contribution in [3.8, 4) is 0 Å². The fourth-order valence-electron chi connectivity index (χ4n) is 2.59. The van der Waals surface area contributed by atoms with Gasteiger partial charge < -0.3 is 9.52 Å². The minimum atomic E-state index is -0.144. The molecule has 1 unspecified atom stereocenters. The topological polar surface area (TPSA) is 91.5 Å². The van der Waals surface area contributed by atoms with Crippen LogP contribution < -0.4 is 5.32 Å². The predicted molar refractivity (Wildman–Crippen MR) is 71.2 cm³/mol. The number of rotatable bonds is 5. The lowest BCUT2D eigenvalue weighted by Gasteiger charge is -2.30. The van der Waals surface area contributed by atoms with Crippen molar-refractivity contribution in [3.05, 3.63) is 5.89 Å². The van der Waals surface area contributed by atoms with Crippen LogP contribution in [0, 0.1) is 5.92 Å². The molecule has 20 heavy (non-hydrogen) atoms. The van der Waals surface area contributed by atoms with Gasteiger partial charge in [0.1, 0.15) is 0 Å². The Bertz CT molecular complexity index is 472. The molecular formula is C13H20N4O3. The van der Waals surface area contributed by atoms with Crippen LogP contribution in [0.25, 0.3) is 0 Å². The highest BCUT2D eigenvalue weighted by Crippen LogP contribution is 2.39. The molecule has 1 aromatic rings. The van der Waals surface area contributed by atoms with E-state index in [0.717, 1.165) is 38.8 Å². The lowest BCUT2D eigenvalue weighted by molar-refractivity contribution is -0.118. The second-order valence-corrected chi connectivity index (χ2v) is 5.69. The molecule has 2 heterocycles. The van der Waals surface area contributed by atoms with Gasteiger partial charge in [0.15, 0.2) is 0 Å². The first-order valence-electron chi connectivity index (χ1n) is 7.21. The average molecular weight is 280 g/mol. The van der Waals surface area contributed by atoms with E-state index in [-0.39, 0.29) is 24.4 Å². The summed E-state index contributed by atoms with van der Waals surface area (Å²) in [5, 5.41) is 19.6. The van der Waals surface area contributed by atoms with Gasteiger partial charge in [-0.05, 0) is 38.1 Å². The zero-order chi connectivity index (χ0) is 13.9. The summed E-state index contributed by atoms with van der Waals surface area (Å²) in [5.41, 5.74) is 0. The maximum atomic E-state index is 11.9. The smallest absolute Gasteiger partial charge is 0.322 e. The van der Waals surface area contributed by atoms with Crippen molar-refractivity contribution < 1.29 is 14.3 Å². The maximum absolute atomic E-state index is 11.9. The van der Waals surface area contributed by atoms with Crippen molar-refractivity contribution in [3.63, 3.8) is 0 Å². The zero-order valence-electron chi connectivity index (χ0n) is 11.4. The number of anilines is 1. The fourth-order valence-corrected chi connectivity index (χ4v) is 2.59. The molecule has 1 saturated heterocycles. The third-order valence-electron chi connectivity index (χ3n) is 3.84. The first-order valence-corrected chi connectivity index (χ1v) is 7.21. The molecule has 1 aliphatic carbocycles. The van der Waals surface area contributed by atoms with E-state index in [4.69, 9.17) is 4.42 Å². The van der Waals surface area contributed by atoms with Crippen molar-refractivity contribution in [2.75, 3.05) is 31.6 Å². The van der Waals surface area contributed by atoms with E-state index in [1.54, 1.807) is 0 Å². The van der Waals surface area contributed by atoms with E-state index < -0.39 is 0 Å². The molecule has 7 nitrogen and oxygen atoms in total. The molecule has 3 rings (SSSR count). The van der Waals surface area contributed by atoms with Crippen LogP contribution in [0.1, 0.15) is 37.5 Å². The lowest BCUT2D eigenvalue weighted by Crippen LogP contribution is -2.41. The van der Waals surface area contributed by atoms with Crippen LogP contribution in [0.5, 0.6) is 0 Å². The van der Waals surface area contributed by atoms with E-state index in [2.05, 4.69) is 20.4 Å². The van der Waals surface area contributed by atoms with Crippen molar-refractivity contribution in [2.24, 2.45) is 5.92 Å². The number of amides is 1. The second-order valence-electron chi connectivity index (χ2n) is 5.69. The second kappa shape index (κ2) is 5.88. The summed E-state index contributed by atoms with van der Waals surface area (Å²) >= 11 is 0. The van der Waals surface area contributed by atoms with E-state index in [0.29, 0.717) is 18.4 Å². The standard InChI is InChI=1S/C13H20N4O3/c18-8-9-2-1-5-17(6-9)7-11(19)14-13-16-15-12(20-13)10-3-4-10/h9-10,18H,1-8H2,(H,14,16,19). The molecule has 2 N–H and O–H groups in total. The predicted octanol–water partition coefficient (Wildman–Crippen LogP) is 0.590. The van der Waals surface area contributed by atoms with Crippen LogP contribution >= 0.6 is 0 Å². The van der Waals surface area contributed by atoms with Crippen molar-refractivity contribution >= 4 is 11.9 Å². The van der Waals surface area contributed by atoms with Crippen LogP contribution in [-0.4, -0.2) is 52.4 Å². The Kier molecular flexibility index (Phi) is 3.98. The molecule has 1 atom stereocenters. The maximum Gasteiger partial charge on any atom is 0.322 e. The third kappa shape index (κ3) is 3.34. The molecule has 2 aliphatic rings. The van der Waals surface area contributed by atoms with E-state index >= 15 is 0 Å². The van der Waals surface area contributed by atoms with Gasteiger partial charge in [0.25, 0.3) is 0 Å². The lowest BCUT2D eigenvalue weighted by atomic mass is 9.99. The summed E-state index contributed by atoms with van der Waals surface area (Å²) in [6.07, 6.45) is 4.23. The summed E-state index contributed by atoms with van der Waals surface area (Å²) in [4.78, 5) is 14.0. The van der Waals surface area contributed by atoms with Gasteiger partial charge in [0.05, 0.1) is 6.54 Å². The number of hydrogen-bond donors (Lipinski definition) is 2. The number of hydrogen-bond acceptors (Lipinski definition) is 6. The Labute approximate surface area is 117 Å².